The van der Waals surface area contributed by atoms with Crippen LogP contribution in [0.25, 0.3) is 0 Å². The second-order valence-electron chi connectivity index (χ2n) is 4.63. The van der Waals surface area contributed by atoms with Gasteiger partial charge >= 0.3 is 0 Å². The smallest absolute Gasteiger partial charge is 0.229 e. The minimum atomic E-state index is -3.27. The van der Waals surface area contributed by atoms with Gasteiger partial charge in [0, 0.05) is 17.9 Å². The maximum Gasteiger partial charge on any atom is 0.229 e. The summed E-state index contributed by atoms with van der Waals surface area (Å²) in [5.41, 5.74) is 1.14. The summed E-state index contributed by atoms with van der Waals surface area (Å²) < 4.78 is 24.5. The van der Waals surface area contributed by atoms with Gasteiger partial charge in [-0.15, -0.1) is 0 Å². The molecule has 0 bridgehead atoms. The largest absolute Gasteiger partial charge is 0.326 e. The van der Waals surface area contributed by atoms with Crippen molar-refractivity contribution in [2.75, 3.05) is 29.4 Å². The summed E-state index contributed by atoms with van der Waals surface area (Å²) in [6.45, 7) is 1.58. The summed E-state index contributed by atoms with van der Waals surface area (Å²) in [6.07, 6.45) is 1.94. The van der Waals surface area contributed by atoms with Gasteiger partial charge in [0.05, 0.1) is 12.2 Å². The zero-order valence-electron chi connectivity index (χ0n) is 10.6. The van der Waals surface area contributed by atoms with Crippen LogP contribution in [0.15, 0.2) is 24.3 Å². The molecule has 6 nitrogen and oxygen atoms in total. The molecule has 1 aliphatic rings. The van der Waals surface area contributed by atoms with Gasteiger partial charge in [-0.25, -0.2) is 8.42 Å². The van der Waals surface area contributed by atoms with E-state index in [2.05, 4.69) is 15.4 Å². The molecule has 19 heavy (non-hydrogen) atoms. The van der Waals surface area contributed by atoms with E-state index in [1.165, 1.54) is 0 Å². The standard InChI is InChI=1S/C12H17N3O3S/c1-19(17,18)15-11-4-2-10(3-5-11)14-12(16)9-6-7-13-8-9/h2-5,9,13,15H,6-8H2,1H3,(H,14,16). The summed E-state index contributed by atoms with van der Waals surface area (Å²) >= 11 is 0. The quantitative estimate of drug-likeness (QED) is 0.755. The maximum absolute atomic E-state index is 11.9. The number of nitrogens with one attached hydrogen (secondary N) is 3. The minimum Gasteiger partial charge on any atom is -0.326 e. The van der Waals surface area contributed by atoms with Crippen molar-refractivity contribution in [3.63, 3.8) is 0 Å². The van der Waals surface area contributed by atoms with Gasteiger partial charge in [-0.1, -0.05) is 0 Å². The third-order valence-corrected chi connectivity index (χ3v) is 3.49. The highest BCUT2D eigenvalue weighted by molar-refractivity contribution is 7.92. The van der Waals surface area contributed by atoms with Crippen molar-refractivity contribution in [2.24, 2.45) is 5.92 Å². The van der Waals surface area contributed by atoms with Gasteiger partial charge in [0.2, 0.25) is 15.9 Å². The van der Waals surface area contributed by atoms with E-state index < -0.39 is 10.0 Å². The predicted molar refractivity (Wildman–Crippen MR) is 74.5 cm³/mol. The molecule has 0 aromatic heterocycles. The Morgan fingerprint density at radius 3 is 2.42 bits per heavy atom. The first kappa shape index (κ1) is 13.8. The molecule has 104 valence electrons. The third kappa shape index (κ3) is 4.22. The van der Waals surface area contributed by atoms with Crippen LogP contribution in [0.3, 0.4) is 0 Å². The number of amides is 1. The summed E-state index contributed by atoms with van der Waals surface area (Å²) in [7, 11) is -3.27. The highest BCUT2D eigenvalue weighted by Crippen LogP contribution is 2.16. The number of anilines is 2. The summed E-state index contributed by atoms with van der Waals surface area (Å²) in [6, 6.07) is 6.58. The molecule has 1 amide bonds. The lowest BCUT2D eigenvalue weighted by molar-refractivity contribution is -0.119. The minimum absolute atomic E-state index is 0.00572. The molecule has 0 aliphatic carbocycles. The molecular formula is C12H17N3O3S. The van der Waals surface area contributed by atoms with E-state index in [0.717, 1.165) is 19.2 Å². The molecule has 0 saturated carbocycles. The Morgan fingerprint density at radius 1 is 1.26 bits per heavy atom. The van der Waals surface area contributed by atoms with Crippen molar-refractivity contribution in [3.05, 3.63) is 24.3 Å². The van der Waals surface area contributed by atoms with Crippen LogP contribution in [-0.2, 0) is 14.8 Å². The molecule has 1 saturated heterocycles. The van der Waals surface area contributed by atoms with Crippen molar-refractivity contribution in [3.8, 4) is 0 Å². The maximum atomic E-state index is 11.9. The normalized spacial score (nSPS) is 19.1. The van der Waals surface area contributed by atoms with E-state index in [9.17, 15) is 13.2 Å². The first-order valence-corrected chi connectivity index (χ1v) is 7.92. The van der Waals surface area contributed by atoms with E-state index in [4.69, 9.17) is 0 Å². The van der Waals surface area contributed by atoms with Gasteiger partial charge in [0.25, 0.3) is 0 Å². The molecule has 1 aliphatic heterocycles. The molecule has 1 aromatic carbocycles. The molecule has 1 fully saturated rings. The second kappa shape index (κ2) is 5.58. The van der Waals surface area contributed by atoms with E-state index >= 15 is 0 Å². The van der Waals surface area contributed by atoms with Gasteiger partial charge in [-0.05, 0) is 37.2 Å². The Bertz CT molecular complexity index is 548. The second-order valence-corrected chi connectivity index (χ2v) is 6.38. The van der Waals surface area contributed by atoms with E-state index in [-0.39, 0.29) is 11.8 Å². The lowest BCUT2D eigenvalue weighted by Crippen LogP contribution is -2.24. The van der Waals surface area contributed by atoms with Crippen LogP contribution < -0.4 is 15.4 Å². The molecule has 2 rings (SSSR count). The Labute approximate surface area is 112 Å². The van der Waals surface area contributed by atoms with Crippen LogP contribution in [0.4, 0.5) is 11.4 Å². The molecular weight excluding hydrogens is 266 g/mol. The van der Waals surface area contributed by atoms with Crippen LogP contribution in [0.5, 0.6) is 0 Å². The molecule has 7 heteroatoms. The van der Waals surface area contributed by atoms with Crippen molar-refractivity contribution in [2.45, 2.75) is 6.42 Å². The summed E-state index contributed by atoms with van der Waals surface area (Å²) in [4.78, 5) is 11.9. The van der Waals surface area contributed by atoms with E-state index in [1.54, 1.807) is 24.3 Å². The monoisotopic (exact) mass is 283 g/mol. The molecule has 1 unspecified atom stereocenters. The van der Waals surface area contributed by atoms with Crippen LogP contribution in [-0.4, -0.2) is 33.7 Å². The van der Waals surface area contributed by atoms with Crippen molar-refractivity contribution in [1.29, 1.82) is 0 Å². The highest BCUT2D eigenvalue weighted by Gasteiger charge is 2.22. The fraction of sp³-hybridized carbons (Fsp3) is 0.417. The average Bonchev–Trinajstić information content (AvgIpc) is 2.83. The van der Waals surface area contributed by atoms with Gasteiger partial charge < -0.3 is 10.6 Å². The number of carbonyl (C=O) groups is 1. The van der Waals surface area contributed by atoms with Crippen molar-refractivity contribution >= 4 is 27.3 Å². The SMILES string of the molecule is CS(=O)(=O)Nc1ccc(NC(=O)C2CCNC2)cc1. The van der Waals surface area contributed by atoms with Crippen LogP contribution in [0, 0.1) is 5.92 Å². The number of sulfonamides is 1. The predicted octanol–water partition coefficient (Wildman–Crippen LogP) is 0.606. The molecule has 1 atom stereocenters. The topological polar surface area (TPSA) is 87.3 Å². The number of hydrogen-bond donors (Lipinski definition) is 3. The lowest BCUT2D eigenvalue weighted by Gasteiger charge is -2.10. The molecule has 0 spiro atoms. The average molecular weight is 283 g/mol. The zero-order chi connectivity index (χ0) is 13.9. The molecule has 1 heterocycles. The van der Waals surface area contributed by atoms with Gasteiger partial charge in [-0.3, -0.25) is 9.52 Å². The summed E-state index contributed by atoms with van der Waals surface area (Å²) in [5.74, 6) is 0.00245. The van der Waals surface area contributed by atoms with Crippen molar-refractivity contribution in [1.82, 2.24) is 5.32 Å². The van der Waals surface area contributed by atoms with Crippen LogP contribution in [0.2, 0.25) is 0 Å². The van der Waals surface area contributed by atoms with Crippen LogP contribution >= 0.6 is 0 Å². The Balaban J connectivity index is 1.96. The first-order chi connectivity index (χ1) is 8.94. The molecule has 0 radical (unpaired) electrons. The third-order valence-electron chi connectivity index (χ3n) is 2.89. The van der Waals surface area contributed by atoms with Gasteiger partial charge in [0.1, 0.15) is 0 Å². The molecule has 3 N–H and O–H groups in total. The Morgan fingerprint density at radius 2 is 1.89 bits per heavy atom. The van der Waals surface area contributed by atoms with Gasteiger partial charge in [-0.2, -0.15) is 0 Å². The highest BCUT2D eigenvalue weighted by atomic mass is 32.2. The van der Waals surface area contributed by atoms with Gasteiger partial charge in [0.15, 0.2) is 0 Å². The molecule has 1 aromatic rings. The summed E-state index contributed by atoms with van der Waals surface area (Å²) in [5, 5.41) is 5.95. The number of carbonyl (C=O) groups excluding carboxylic acids is 1. The Hall–Kier alpha value is -1.60. The van der Waals surface area contributed by atoms with E-state index in [0.29, 0.717) is 17.9 Å². The first-order valence-electron chi connectivity index (χ1n) is 6.03. The number of benzene rings is 1. The zero-order valence-corrected chi connectivity index (χ0v) is 11.5. The number of hydrogen-bond acceptors (Lipinski definition) is 4. The fourth-order valence-corrected chi connectivity index (χ4v) is 2.52. The van der Waals surface area contributed by atoms with Crippen LogP contribution in [0.1, 0.15) is 6.42 Å². The number of rotatable bonds is 4. The van der Waals surface area contributed by atoms with E-state index in [1.807, 2.05) is 0 Å². The lowest BCUT2D eigenvalue weighted by atomic mass is 10.1. The fourth-order valence-electron chi connectivity index (χ4n) is 1.96. The van der Waals surface area contributed by atoms with Crippen molar-refractivity contribution < 1.29 is 13.2 Å². The Kier molecular flexibility index (Phi) is 4.06.